The summed E-state index contributed by atoms with van der Waals surface area (Å²) in [6.45, 7) is 2.10. The molecule has 2 rings (SSSR count). The second kappa shape index (κ2) is 8.61. The van der Waals surface area contributed by atoms with Crippen LogP contribution in [-0.4, -0.2) is 53.0 Å². The topological polar surface area (TPSA) is 118 Å². The van der Waals surface area contributed by atoms with E-state index in [1.165, 1.54) is 31.9 Å². The van der Waals surface area contributed by atoms with E-state index in [1.807, 2.05) is 0 Å². The first-order chi connectivity index (χ1) is 12.0. The van der Waals surface area contributed by atoms with Crippen molar-refractivity contribution in [1.82, 2.24) is 15.5 Å². The van der Waals surface area contributed by atoms with Crippen molar-refractivity contribution in [3.05, 3.63) is 27.9 Å². The number of rotatable bonds is 8. The minimum atomic E-state index is -0.737. The second-order valence-electron chi connectivity index (χ2n) is 5.41. The van der Waals surface area contributed by atoms with E-state index in [4.69, 9.17) is 0 Å². The van der Waals surface area contributed by atoms with E-state index < -0.39 is 17.5 Å². The van der Waals surface area contributed by atoms with Gasteiger partial charge in [-0.3, -0.25) is 19.5 Å². The lowest BCUT2D eigenvalue weighted by Gasteiger charge is -2.11. The Morgan fingerprint density at radius 1 is 1.28 bits per heavy atom. The summed E-state index contributed by atoms with van der Waals surface area (Å²) in [5.41, 5.74) is -0.171. The fraction of sp³-hybridized carbons (Fsp3) is 0.438. The number of unbranched alkanes of at least 4 members (excludes halogenated alkanes) is 2. The highest BCUT2D eigenvalue weighted by atomic mass is 32.2. The zero-order valence-electron chi connectivity index (χ0n) is 14.0. The number of hydrogen-bond donors (Lipinski definition) is 2. The van der Waals surface area contributed by atoms with Crippen molar-refractivity contribution in [2.24, 2.45) is 0 Å². The lowest BCUT2D eigenvalue weighted by atomic mass is 9.99. The van der Waals surface area contributed by atoms with Gasteiger partial charge in [0.25, 0.3) is 0 Å². The maximum absolute atomic E-state index is 12.5. The van der Waals surface area contributed by atoms with Gasteiger partial charge in [-0.1, -0.05) is 6.42 Å². The fourth-order valence-corrected chi connectivity index (χ4v) is 3.32. The summed E-state index contributed by atoms with van der Waals surface area (Å²) >= 11 is 1.28. The Morgan fingerprint density at radius 2 is 2.04 bits per heavy atom. The summed E-state index contributed by atoms with van der Waals surface area (Å²) in [5.74, 6) is -0.936. The van der Waals surface area contributed by atoms with Gasteiger partial charge in [0, 0.05) is 19.5 Å². The van der Waals surface area contributed by atoms with E-state index >= 15 is 0 Å². The van der Waals surface area contributed by atoms with Gasteiger partial charge in [0.05, 0.1) is 17.6 Å². The highest BCUT2D eigenvalue weighted by Crippen LogP contribution is 2.30. The molecule has 9 heteroatoms. The molecule has 1 aliphatic carbocycles. The largest absolute Gasteiger partial charge is 0.464 e. The molecule has 0 saturated carbocycles. The molecule has 25 heavy (non-hydrogen) atoms. The predicted octanol–water partition coefficient (Wildman–Crippen LogP) is 1.50. The Bertz CT molecular complexity index is 738. The number of amides is 1. The Balaban J connectivity index is 1.92. The number of hydrogen-bond acceptors (Lipinski definition) is 7. The number of allylic oxidation sites excluding steroid dienone is 2. The number of ether oxygens (including phenoxy) is 1. The summed E-state index contributed by atoms with van der Waals surface area (Å²) in [6.07, 6.45) is 3.84. The molecule has 1 amide bonds. The van der Waals surface area contributed by atoms with Crippen molar-refractivity contribution in [2.75, 3.05) is 19.4 Å². The number of nitrogens with zero attached hydrogens (tertiary/aromatic N) is 1. The number of Topliss-reactive ketones (excluding diaryl/α,β-unsaturated/α-hetero) is 1. The fourth-order valence-electron chi connectivity index (χ4n) is 2.32. The Kier molecular flexibility index (Phi) is 6.51. The van der Waals surface area contributed by atoms with E-state index in [1.54, 1.807) is 0 Å². The molecule has 0 atom stereocenters. The van der Waals surface area contributed by atoms with Crippen LogP contribution in [0.2, 0.25) is 0 Å². The van der Waals surface area contributed by atoms with E-state index in [9.17, 15) is 19.2 Å². The van der Waals surface area contributed by atoms with Gasteiger partial charge in [0.1, 0.15) is 5.69 Å². The van der Waals surface area contributed by atoms with E-state index in [0.29, 0.717) is 17.2 Å². The van der Waals surface area contributed by atoms with Crippen molar-refractivity contribution in [2.45, 2.75) is 26.2 Å². The maximum atomic E-state index is 12.5. The molecule has 0 fully saturated rings. The third kappa shape index (κ3) is 4.56. The third-order valence-corrected chi connectivity index (χ3v) is 4.66. The zero-order chi connectivity index (χ0) is 18.4. The van der Waals surface area contributed by atoms with Crippen molar-refractivity contribution in [3.8, 4) is 0 Å². The van der Waals surface area contributed by atoms with Crippen molar-refractivity contribution >= 4 is 35.2 Å². The Morgan fingerprint density at radius 3 is 2.72 bits per heavy atom. The van der Waals surface area contributed by atoms with Crippen LogP contribution in [0.15, 0.2) is 11.0 Å². The van der Waals surface area contributed by atoms with Crippen LogP contribution in [0, 0.1) is 0 Å². The zero-order valence-corrected chi connectivity index (χ0v) is 14.8. The predicted molar refractivity (Wildman–Crippen MR) is 91.7 cm³/mol. The SMILES string of the molecule is COC(=O)c1[nH]nc2c1C(=O)C(SCCCCCNC(C)=O)=CC2=O. The number of thioether (sulfide) groups is 1. The number of aromatic amines is 1. The first kappa shape index (κ1) is 18.9. The quantitative estimate of drug-likeness (QED) is 0.529. The van der Waals surface area contributed by atoms with Crippen LogP contribution >= 0.6 is 11.8 Å². The van der Waals surface area contributed by atoms with Crippen LogP contribution < -0.4 is 5.32 Å². The molecule has 1 aromatic heterocycles. The highest BCUT2D eigenvalue weighted by Gasteiger charge is 2.34. The molecule has 8 nitrogen and oxygen atoms in total. The molecule has 0 saturated heterocycles. The molecule has 0 aromatic carbocycles. The monoisotopic (exact) mass is 365 g/mol. The van der Waals surface area contributed by atoms with E-state index in [0.717, 1.165) is 19.3 Å². The van der Waals surface area contributed by atoms with Crippen LogP contribution in [0.1, 0.15) is 57.5 Å². The molecule has 1 aliphatic rings. The smallest absolute Gasteiger partial charge is 0.356 e. The van der Waals surface area contributed by atoms with Crippen LogP contribution in [0.4, 0.5) is 0 Å². The summed E-state index contributed by atoms with van der Waals surface area (Å²) in [4.78, 5) is 47.4. The van der Waals surface area contributed by atoms with Gasteiger partial charge in [-0.15, -0.1) is 11.8 Å². The molecule has 0 unspecified atom stereocenters. The number of ketones is 2. The number of fused-ring (bicyclic) bond motifs is 1. The number of aromatic nitrogens is 2. The number of esters is 1. The third-order valence-electron chi connectivity index (χ3n) is 3.55. The molecule has 1 heterocycles. The lowest BCUT2D eigenvalue weighted by Crippen LogP contribution is -2.20. The lowest BCUT2D eigenvalue weighted by molar-refractivity contribution is -0.118. The molecule has 2 N–H and O–H groups in total. The molecule has 134 valence electrons. The minimum absolute atomic E-state index is 0.0208. The summed E-state index contributed by atoms with van der Waals surface area (Å²) < 4.78 is 4.60. The number of H-pyrrole nitrogens is 1. The molecule has 0 radical (unpaired) electrons. The average Bonchev–Trinajstić information content (AvgIpc) is 3.03. The van der Waals surface area contributed by atoms with Crippen LogP contribution in [0.5, 0.6) is 0 Å². The van der Waals surface area contributed by atoms with Crippen molar-refractivity contribution < 1.29 is 23.9 Å². The van der Waals surface area contributed by atoms with Gasteiger partial charge < -0.3 is 10.1 Å². The van der Waals surface area contributed by atoms with Crippen molar-refractivity contribution in [1.29, 1.82) is 0 Å². The standard InChI is InChI=1S/C16H19N3O5S/c1-9(20)17-6-4-3-5-7-25-11-8-10(21)13-12(15(11)22)14(19-18-13)16(23)24-2/h8H,3-7H2,1-2H3,(H,17,20)(H,18,19). The maximum Gasteiger partial charge on any atom is 0.356 e. The number of carbonyl (C=O) groups is 4. The molecule has 0 bridgehead atoms. The van der Waals surface area contributed by atoms with Crippen molar-refractivity contribution in [3.63, 3.8) is 0 Å². The normalized spacial score (nSPS) is 13.3. The highest BCUT2D eigenvalue weighted by molar-refractivity contribution is 8.04. The number of nitrogens with one attached hydrogen (secondary N) is 2. The van der Waals surface area contributed by atoms with Gasteiger partial charge in [-0.2, -0.15) is 5.10 Å². The molecular weight excluding hydrogens is 346 g/mol. The first-order valence-electron chi connectivity index (χ1n) is 7.80. The van der Waals surface area contributed by atoms with Crippen LogP contribution in [0.3, 0.4) is 0 Å². The Hall–Kier alpha value is -2.42. The van der Waals surface area contributed by atoms with Gasteiger partial charge in [-0.05, 0) is 18.6 Å². The summed E-state index contributed by atoms with van der Waals surface area (Å²) in [5, 5.41) is 8.87. The molecule has 1 aromatic rings. The van der Waals surface area contributed by atoms with Gasteiger partial charge in [0.2, 0.25) is 17.5 Å². The molecular formula is C16H19N3O5S. The molecule has 0 spiro atoms. The average molecular weight is 365 g/mol. The summed E-state index contributed by atoms with van der Waals surface area (Å²) in [6, 6.07) is 0. The van der Waals surface area contributed by atoms with Gasteiger partial charge in [0.15, 0.2) is 5.69 Å². The number of methoxy groups -OCH3 is 1. The van der Waals surface area contributed by atoms with Gasteiger partial charge >= 0.3 is 5.97 Å². The van der Waals surface area contributed by atoms with E-state index in [2.05, 4.69) is 20.3 Å². The summed E-state index contributed by atoms with van der Waals surface area (Å²) in [7, 11) is 1.19. The number of carbonyl (C=O) groups excluding carboxylic acids is 4. The first-order valence-corrected chi connectivity index (χ1v) is 8.79. The van der Waals surface area contributed by atoms with Crippen LogP contribution in [-0.2, 0) is 9.53 Å². The van der Waals surface area contributed by atoms with Crippen LogP contribution in [0.25, 0.3) is 0 Å². The minimum Gasteiger partial charge on any atom is -0.464 e. The Labute approximate surface area is 148 Å². The van der Waals surface area contributed by atoms with E-state index in [-0.39, 0.29) is 22.9 Å². The second-order valence-corrected chi connectivity index (χ2v) is 6.54. The molecule has 0 aliphatic heterocycles. The van der Waals surface area contributed by atoms with Gasteiger partial charge in [-0.25, -0.2) is 4.79 Å².